The van der Waals surface area contributed by atoms with Crippen LogP contribution >= 0.6 is 15.9 Å². The largest absolute Gasteiger partial charge is 0.496 e. The SMILES string of the molecule is COc1ccccc1-c1nn(COC(=O)C(C)(C)C)c2ncc(-c3cccc(C(O)c4ncccc4C(F)(F)F)c3)cc12.COc1ccccc1-c1nn(COC(=O)C(C)(C)C)c2ncc(B3OC(C)(C)C(C)(C)O3)cc12.OC(c1cccc(Br)c1)c1ncccc1C(F)(F)F. The van der Waals surface area contributed by atoms with Crippen LogP contribution in [0.1, 0.15) is 115 Å². The van der Waals surface area contributed by atoms with Crippen molar-refractivity contribution >= 4 is 62.5 Å². The molecule has 2 atom stereocenters. The molecule has 0 saturated carbocycles. The van der Waals surface area contributed by atoms with Crippen LogP contribution in [0.15, 0.2) is 163 Å². The van der Waals surface area contributed by atoms with Crippen molar-refractivity contribution in [2.45, 2.75) is 118 Å². The summed E-state index contributed by atoms with van der Waals surface area (Å²) in [6, 6.07) is 36.0. The average molecular weight is 1390 g/mol. The molecule has 26 heteroatoms. The molecule has 11 rings (SSSR count). The molecule has 2 unspecified atom stereocenters. The molecule has 1 fully saturated rings. The van der Waals surface area contributed by atoms with Crippen LogP contribution in [0.25, 0.3) is 55.7 Å². The number of aliphatic hydroxyl groups excluding tert-OH is 2. The lowest BCUT2D eigenvalue weighted by atomic mass is 9.80. The first kappa shape index (κ1) is 71.2. The van der Waals surface area contributed by atoms with E-state index in [1.165, 1.54) is 35.3 Å². The molecule has 1 aliphatic rings. The Labute approximate surface area is 558 Å². The lowest BCUT2D eigenvalue weighted by molar-refractivity contribution is -0.158. The molecule has 4 aromatic carbocycles. The fourth-order valence-electron chi connectivity index (χ4n) is 9.96. The summed E-state index contributed by atoms with van der Waals surface area (Å²) in [7, 11) is 2.61. The second-order valence-corrected chi connectivity index (χ2v) is 26.3. The monoisotopic (exact) mass is 1390 g/mol. The first-order valence-corrected chi connectivity index (χ1v) is 30.9. The number of alkyl halides is 6. The van der Waals surface area contributed by atoms with E-state index in [1.807, 2.05) is 103 Å². The first-order valence-electron chi connectivity index (χ1n) is 30.1. The summed E-state index contributed by atoms with van der Waals surface area (Å²) in [6.07, 6.45) is -6.50. The summed E-state index contributed by atoms with van der Waals surface area (Å²) < 4.78 is 118. The van der Waals surface area contributed by atoms with Crippen LogP contribution in [0.4, 0.5) is 26.3 Å². The van der Waals surface area contributed by atoms with Crippen molar-refractivity contribution < 1.29 is 74.4 Å². The zero-order chi connectivity index (χ0) is 69.9. The number of carbonyl (C=O) groups is 2. The smallest absolute Gasteiger partial charge is 0.496 e. The maximum atomic E-state index is 13.6. The fourth-order valence-corrected chi connectivity index (χ4v) is 10.4. The number of carbonyl (C=O) groups excluding carboxylic acids is 2. The number of hydrogen-bond acceptors (Lipinski definition) is 16. The molecule has 0 spiro atoms. The fraction of sp³-hybridized carbons (Fsp3) is 0.314. The van der Waals surface area contributed by atoms with Gasteiger partial charge in [-0.15, -0.1) is 0 Å². The van der Waals surface area contributed by atoms with Gasteiger partial charge in [-0.25, -0.2) is 19.3 Å². The average Bonchev–Trinajstić information content (AvgIpc) is 1.60. The van der Waals surface area contributed by atoms with Gasteiger partial charge in [0.2, 0.25) is 0 Å². The van der Waals surface area contributed by atoms with Gasteiger partial charge in [0.15, 0.2) is 24.8 Å². The number of pyridine rings is 4. The lowest BCUT2D eigenvalue weighted by Crippen LogP contribution is -2.41. The molecule has 0 aliphatic carbocycles. The Hall–Kier alpha value is -9.08. The molecule has 6 aromatic heterocycles. The number of benzene rings is 4. The highest BCUT2D eigenvalue weighted by Gasteiger charge is 2.52. The second kappa shape index (κ2) is 28.3. The summed E-state index contributed by atoms with van der Waals surface area (Å²) in [5.41, 5.74) is 1.26. The van der Waals surface area contributed by atoms with Crippen molar-refractivity contribution in [2.24, 2.45) is 10.8 Å². The van der Waals surface area contributed by atoms with E-state index in [4.69, 9.17) is 38.5 Å². The van der Waals surface area contributed by atoms with Gasteiger partial charge < -0.3 is 38.5 Å². The van der Waals surface area contributed by atoms with E-state index < -0.39 is 82.2 Å². The molecule has 0 bridgehead atoms. The van der Waals surface area contributed by atoms with Crippen LogP contribution in [-0.4, -0.2) is 94.2 Å². The van der Waals surface area contributed by atoms with Gasteiger partial charge in [-0.1, -0.05) is 70.5 Å². The number of fused-ring (bicyclic) bond motifs is 2. The Morgan fingerprint density at radius 2 is 0.990 bits per heavy atom. The van der Waals surface area contributed by atoms with Crippen molar-refractivity contribution in [3.8, 4) is 45.1 Å². The number of aliphatic hydroxyl groups is 2. The Morgan fingerprint density at radius 1 is 0.552 bits per heavy atom. The third-order valence-electron chi connectivity index (χ3n) is 15.8. The van der Waals surface area contributed by atoms with E-state index >= 15 is 0 Å². The molecule has 2 N–H and O–H groups in total. The first-order chi connectivity index (χ1) is 45.1. The van der Waals surface area contributed by atoms with Crippen molar-refractivity contribution in [3.63, 3.8) is 0 Å². The molecule has 0 amide bonds. The van der Waals surface area contributed by atoms with Gasteiger partial charge in [0.1, 0.15) is 35.1 Å². The molecule has 0 radical (unpaired) electrons. The van der Waals surface area contributed by atoms with Crippen LogP contribution in [0.2, 0.25) is 0 Å². The minimum atomic E-state index is -4.67. The van der Waals surface area contributed by atoms with Gasteiger partial charge >= 0.3 is 31.4 Å². The summed E-state index contributed by atoms with van der Waals surface area (Å²) in [5, 5.41) is 31.9. The van der Waals surface area contributed by atoms with Crippen molar-refractivity contribution in [1.29, 1.82) is 0 Å². The van der Waals surface area contributed by atoms with Gasteiger partial charge in [-0.3, -0.25) is 19.6 Å². The number of rotatable bonds is 14. The maximum absolute atomic E-state index is 13.6. The minimum Gasteiger partial charge on any atom is -0.496 e. The number of aromatic nitrogens is 8. The van der Waals surface area contributed by atoms with Crippen LogP contribution in [0.5, 0.6) is 11.5 Å². The number of esters is 2. The highest BCUT2D eigenvalue weighted by Crippen LogP contribution is 2.42. The Kier molecular flexibility index (Phi) is 21.0. The number of para-hydroxylation sites is 2. The van der Waals surface area contributed by atoms with Crippen LogP contribution < -0.4 is 14.9 Å². The molecular weight excluding hydrogens is 1320 g/mol. The predicted octanol–water partition coefficient (Wildman–Crippen LogP) is 14.7. The van der Waals surface area contributed by atoms with E-state index in [0.29, 0.717) is 66.3 Å². The summed E-state index contributed by atoms with van der Waals surface area (Å²) in [4.78, 5) is 41.6. The minimum absolute atomic E-state index is 0.0510. The zero-order valence-corrected chi connectivity index (χ0v) is 56.1. The topological polar surface area (TPSA) is 217 Å². The Morgan fingerprint density at radius 3 is 1.44 bits per heavy atom. The molecule has 1 saturated heterocycles. The molecular formula is C70H70BBrF6N8O10. The highest BCUT2D eigenvalue weighted by molar-refractivity contribution is 9.10. The quantitative estimate of drug-likeness (QED) is 0.0588. The van der Waals surface area contributed by atoms with Crippen molar-refractivity contribution in [2.75, 3.05) is 14.2 Å². The standard InChI is InChI=1S/C32H29F3N4O4.C25H32BN3O5.C13H9BrF3NO/c1-31(2,3)30(41)43-18-39-29-23(26(38-39)22-11-5-6-13-25(22)42-4)16-21(17-37-29)19-9-7-10-20(15-19)28(40)27-24(32(33,34)35)12-8-14-36-27;1-23(2,3)22(30)32-15-29-21-18(20(28-29)17-11-9-10-12-19(17)31-8)13-16(14-27-21)26-33-24(4,5)25(6,7)34-26;14-9-4-1-3-8(7-9)12(19)11-10(13(15,16)17)5-2-6-18-11/h5-17,28,40H,18H2,1-4H3;9-14H,15H2,1-8H3;1-7,12,19H. The maximum Gasteiger partial charge on any atom is 0.496 e. The molecule has 10 aromatic rings. The number of hydrogen-bond donors (Lipinski definition) is 2. The van der Waals surface area contributed by atoms with Crippen LogP contribution in [0, 0.1) is 10.8 Å². The summed E-state index contributed by atoms with van der Waals surface area (Å²) in [5.74, 6) is 0.543. The van der Waals surface area contributed by atoms with Gasteiger partial charge in [-0.05, 0) is 165 Å². The zero-order valence-electron chi connectivity index (χ0n) is 54.5. The van der Waals surface area contributed by atoms with Crippen molar-refractivity contribution in [3.05, 3.63) is 196 Å². The number of methoxy groups -OCH3 is 2. The summed E-state index contributed by atoms with van der Waals surface area (Å²) >= 11 is 3.21. The third-order valence-corrected chi connectivity index (χ3v) is 16.3. The van der Waals surface area contributed by atoms with Gasteiger partial charge in [0.25, 0.3) is 0 Å². The molecule has 1 aliphatic heterocycles. The Bertz CT molecular complexity index is 4440. The van der Waals surface area contributed by atoms with Crippen LogP contribution in [0.3, 0.4) is 0 Å². The highest BCUT2D eigenvalue weighted by atomic mass is 79.9. The second-order valence-electron chi connectivity index (χ2n) is 25.4. The summed E-state index contributed by atoms with van der Waals surface area (Å²) in [6.45, 7) is 18.5. The van der Waals surface area contributed by atoms with E-state index in [-0.39, 0.29) is 25.0 Å². The molecule has 7 heterocycles. The normalized spacial score (nSPS) is 14.4. The van der Waals surface area contributed by atoms with Gasteiger partial charge in [0, 0.05) is 62.2 Å². The van der Waals surface area contributed by atoms with E-state index in [1.54, 1.807) is 101 Å². The van der Waals surface area contributed by atoms with Gasteiger partial charge in [-0.2, -0.15) is 36.5 Å². The van der Waals surface area contributed by atoms with E-state index in [0.717, 1.165) is 28.5 Å². The van der Waals surface area contributed by atoms with Crippen LogP contribution in [-0.2, 0) is 54.2 Å². The van der Waals surface area contributed by atoms with Gasteiger partial charge in [0.05, 0.1) is 58.8 Å². The lowest BCUT2D eigenvalue weighted by Gasteiger charge is -2.32. The van der Waals surface area contributed by atoms with E-state index in [9.17, 15) is 46.1 Å². The van der Waals surface area contributed by atoms with E-state index in [2.05, 4.69) is 35.9 Å². The third kappa shape index (κ3) is 15.9. The Balaban J connectivity index is 0.000000181. The molecule has 18 nitrogen and oxygen atoms in total. The van der Waals surface area contributed by atoms with Crippen molar-refractivity contribution in [1.82, 2.24) is 39.5 Å². The molecule has 96 heavy (non-hydrogen) atoms. The number of halogens is 7. The number of nitrogens with zero attached hydrogens (tertiary/aromatic N) is 8. The number of ether oxygens (including phenoxy) is 4. The predicted molar refractivity (Wildman–Crippen MR) is 352 cm³/mol. The molecule has 502 valence electrons.